The monoisotopic (exact) mass is 170 g/mol. The normalized spacial score (nSPS) is 18.0. The molecule has 0 aromatic rings. The highest BCUT2D eigenvalue weighted by Crippen LogP contribution is 2.33. The molecule has 0 unspecified atom stereocenters. The zero-order chi connectivity index (χ0) is 9.12. The van der Waals surface area contributed by atoms with Crippen molar-refractivity contribution in [2.24, 2.45) is 0 Å². The van der Waals surface area contributed by atoms with Crippen LogP contribution < -0.4 is 0 Å². The topological polar surface area (TPSA) is 20.2 Å². The highest BCUT2D eigenvalue weighted by atomic mass is 19.4. The van der Waals surface area contributed by atoms with Crippen LogP contribution in [-0.4, -0.2) is 16.9 Å². The molecule has 0 saturated heterocycles. The first kappa shape index (κ1) is 10.8. The van der Waals surface area contributed by atoms with Gasteiger partial charge >= 0.3 is 6.18 Å². The first-order valence-electron chi connectivity index (χ1n) is 3.60. The molecule has 0 amide bonds. The van der Waals surface area contributed by atoms with E-state index in [1.165, 1.54) is 0 Å². The maximum absolute atomic E-state index is 11.9. The highest BCUT2D eigenvalue weighted by Gasteiger charge is 2.48. The summed E-state index contributed by atoms with van der Waals surface area (Å²) in [5, 5.41) is 8.86. The Bertz CT molecular complexity index is 117. The van der Waals surface area contributed by atoms with E-state index >= 15 is 0 Å². The Balaban J connectivity index is 4.00. The summed E-state index contributed by atoms with van der Waals surface area (Å²) in [6.07, 6.45) is -3.66. The molecule has 11 heavy (non-hydrogen) atoms. The zero-order valence-corrected chi connectivity index (χ0v) is 6.70. The second-order valence-corrected chi connectivity index (χ2v) is 2.88. The summed E-state index contributed by atoms with van der Waals surface area (Å²) in [7, 11) is 0. The lowest BCUT2D eigenvalue weighted by Gasteiger charge is -2.25. The van der Waals surface area contributed by atoms with Crippen molar-refractivity contribution in [3.05, 3.63) is 0 Å². The van der Waals surface area contributed by atoms with E-state index in [2.05, 4.69) is 0 Å². The fraction of sp³-hybridized carbons (Fsp3) is 1.00. The third-order valence-electron chi connectivity index (χ3n) is 1.63. The van der Waals surface area contributed by atoms with Crippen molar-refractivity contribution in [3.8, 4) is 0 Å². The zero-order valence-electron chi connectivity index (χ0n) is 6.70. The molecule has 0 heterocycles. The van der Waals surface area contributed by atoms with Crippen molar-refractivity contribution in [2.75, 3.05) is 0 Å². The van der Waals surface area contributed by atoms with Crippen molar-refractivity contribution in [1.29, 1.82) is 0 Å². The fourth-order valence-corrected chi connectivity index (χ4v) is 0.663. The predicted octanol–water partition coefficient (Wildman–Crippen LogP) is 2.49. The van der Waals surface area contributed by atoms with Gasteiger partial charge in [-0.2, -0.15) is 13.2 Å². The molecule has 0 radical (unpaired) electrons. The average molecular weight is 170 g/mol. The number of alkyl halides is 3. The van der Waals surface area contributed by atoms with Gasteiger partial charge < -0.3 is 5.11 Å². The van der Waals surface area contributed by atoms with Gasteiger partial charge in [-0.05, 0) is 13.3 Å². The summed E-state index contributed by atoms with van der Waals surface area (Å²) in [6.45, 7) is 2.59. The molecule has 0 spiro atoms. The van der Waals surface area contributed by atoms with Crippen molar-refractivity contribution in [3.63, 3.8) is 0 Å². The fourth-order valence-electron chi connectivity index (χ4n) is 0.663. The minimum Gasteiger partial charge on any atom is -0.381 e. The molecule has 68 valence electrons. The van der Waals surface area contributed by atoms with E-state index < -0.39 is 11.8 Å². The van der Waals surface area contributed by atoms with Crippen molar-refractivity contribution in [2.45, 2.75) is 44.9 Å². The minimum atomic E-state index is -4.50. The van der Waals surface area contributed by atoms with Crippen LogP contribution in [-0.2, 0) is 0 Å². The molecule has 0 aromatic heterocycles. The number of hydrogen-bond donors (Lipinski definition) is 1. The Labute approximate surface area is 64.2 Å². The van der Waals surface area contributed by atoms with Crippen LogP contribution in [0.15, 0.2) is 0 Å². The third kappa shape index (κ3) is 3.10. The van der Waals surface area contributed by atoms with Crippen LogP contribution in [0.5, 0.6) is 0 Å². The Morgan fingerprint density at radius 1 is 1.27 bits per heavy atom. The van der Waals surface area contributed by atoms with Crippen LogP contribution in [0.1, 0.15) is 33.1 Å². The van der Waals surface area contributed by atoms with Crippen LogP contribution in [0.3, 0.4) is 0 Å². The second-order valence-electron chi connectivity index (χ2n) is 2.88. The van der Waals surface area contributed by atoms with E-state index in [0.29, 0.717) is 12.8 Å². The Morgan fingerprint density at radius 2 is 1.73 bits per heavy atom. The number of hydrogen-bond acceptors (Lipinski definition) is 1. The number of unbranched alkanes of at least 4 members (excludes halogenated alkanes) is 1. The molecule has 0 rings (SSSR count). The summed E-state index contributed by atoms with van der Waals surface area (Å²) in [5.74, 6) is 0. The molecule has 0 bridgehead atoms. The number of aliphatic hydroxyl groups is 1. The quantitative estimate of drug-likeness (QED) is 0.689. The maximum Gasteiger partial charge on any atom is 0.416 e. The van der Waals surface area contributed by atoms with E-state index in [0.717, 1.165) is 6.92 Å². The summed E-state index contributed by atoms with van der Waals surface area (Å²) >= 11 is 0. The van der Waals surface area contributed by atoms with Gasteiger partial charge in [0.25, 0.3) is 0 Å². The van der Waals surface area contributed by atoms with Crippen LogP contribution in [0.4, 0.5) is 13.2 Å². The van der Waals surface area contributed by atoms with Crippen LogP contribution in [0, 0.1) is 0 Å². The summed E-state index contributed by atoms with van der Waals surface area (Å²) in [5.41, 5.74) is -2.51. The lowest BCUT2D eigenvalue weighted by molar-refractivity contribution is -0.255. The molecular formula is C7H13F3O. The van der Waals surface area contributed by atoms with Crippen molar-refractivity contribution < 1.29 is 18.3 Å². The van der Waals surface area contributed by atoms with Crippen molar-refractivity contribution >= 4 is 0 Å². The van der Waals surface area contributed by atoms with E-state index in [4.69, 9.17) is 5.11 Å². The largest absolute Gasteiger partial charge is 0.416 e. The predicted molar refractivity (Wildman–Crippen MR) is 36.2 cm³/mol. The molecule has 0 saturated carbocycles. The first-order valence-corrected chi connectivity index (χ1v) is 3.60. The molecule has 0 aliphatic heterocycles. The van der Waals surface area contributed by atoms with Gasteiger partial charge in [-0.15, -0.1) is 0 Å². The molecular weight excluding hydrogens is 157 g/mol. The van der Waals surface area contributed by atoms with E-state index in [1.54, 1.807) is 6.92 Å². The Kier molecular flexibility index (Phi) is 3.35. The van der Waals surface area contributed by atoms with Gasteiger partial charge in [-0.25, -0.2) is 0 Å². The third-order valence-corrected chi connectivity index (χ3v) is 1.63. The lowest BCUT2D eigenvalue weighted by atomic mass is 9.99. The van der Waals surface area contributed by atoms with Crippen molar-refractivity contribution in [1.82, 2.24) is 0 Å². The van der Waals surface area contributed by atoms with E-state index in [1.807, 2.05) is 0 Å². The van der Waals surface area contributed by atoms with Gasteiger partial charge in [0, 0.05) is 0 Å². The lowest BCUT2D eigenvalue weighted by Crippen LogP contribution is -2.41. The molecule has 0 aliphatic carbocycles. The molecule has 0 aromatic carbocycles. The van der Waals surface area contributed by atoms with E-state index in [9.17, 15) is 13.2 Å². The van der Waals surface area contributed by atoms with Gasteiger partial charge in [0.2, 0.25) is 0 Å². The molecule has 1 N–H and O–H groups in total. The molecule has 0 fully saturated rings. The van der Waals surface area contributed by atoms with Gasteiger partial charge in [-0.3, -0.25) is 0 Å². The molecule has 1 nitrogen and oxygen atoms in total. The second kappa shape index (κ2) is 3.43. The van der Waals surface area contributed by atoms with Gasteiger partial charge in [0.1, 0.15) is 0 Å². The molecule has 4 heteroatoms. The van der Waals surface area contributed by atoms with Crippen LogP contribution in [0.2, 0.25) is 0 Å². The van der Waals surface area contributed by atoms with Crippen LogP contribution >= 0.6 is 0 Å². The molecule has 0 aliphatic rings. The summed E-state index contributed by atoms with van der Waals surface area (Å²) < 4.78 is 35.7. The van der Waals surface area contributed by atoms with Gasteiger partial charge in [-0.1, -0.05) is 19.8 Å². The summed E-state index contributed by atoms with van der Waals surface area (Å²) in [4.78, 5) is 0. The Morgan fingerprint density at radius 3 is 2.00 bits per heavy atom. The maximum atomic E-state index is 11.9. The van der Waals surface area contributed by atoms with Crippen LogP contribution in [0.25, 0.3) is 0 Å². The number of halogens is 3. The van der Waals surface area contributed by atoms with E-state index in [-0.39, 0.29) is 6.42 Å². The van der Waals surface area contributed by atoms with Gasteiger partial charge in [0.15, 0.2) is 5.60 Å². The molecule has 1 atom stereocenters. The SMILES string of the molecule is CCCC[C@@](C)(O)C(F)(F)F. The highest BCUT2D eigenvalue weighted by molar-refractivity contribution is 4.80. The van der Waals surface area contributed by atoms with Gasteiger partial charge in [0.05, 0.1) is 0 Å². The standard InChI is InChI=1S/C7H13F3O/c1-3-4-5-6(2,11)7(8,9)10/h11H,3-5H2,1-2H3/t6-/m1/s1. The smallest absolute Gasteiger partial charge is 0.381 e. The first-order chi connectivity index (χ1) is 4.81. The summed E-state index contributed by atoms with van der Waals surface area (Å²) in [6, 6.07) is 0. The minimum absolute atomic E-state index is 0.215. The average Bonchev–Trinajstić information content (AvgIpc) is 1.81. The Hall–Kier alpha value is -0.250. The number of rotatable bonds is 3.